The maximum Gasteiger partial charge on any atom is 0.149 e. The third-order valence-corrected chi connectivity index (χ3v) is 3.86. The molecule has 0 amide bonds. The standard InChI is InChI=1S/C14H15ClFN3/c1-19-14(17)12(11(18-19)7-8-5-6-8)9-3-2-4-10(15)13(9)16/h2-4,8H,5-7,17H2,1H3. The number of halogens is 2. The lowest BCUT2D eigenvalue weighted by Crippen LogP contribution is -1.98. The highest BCUT2D eigenvalue weighted by molar-refractivity contribution is 6.31. The van der Waals surface area contributed by atoms with Crippen LogP contribution in [0.2, 0.25) is 5.02 Å². The molecule has 0 radical (unpaired) electrons. The highest BCUT2D eigenvalue weighted by Gasteiger charge is 2.27. The summed E-state index contributed by atoms with van der Waals surface area (Å²) in [5, 5.41) is 4.53. The largest absolute Gasteiger partial charge is 0.383 e. The lowest BCUT2D eigenvalue weighted by Gasteiger charge is -2.06. The van der Waals surface area contributed by atoms with Gasteiger partial charge in [0.1, 0.15) is 11.6 Å². The Morgan fingerprint density at radius 1 is 1.47 bits per heavy atom. The van der Waals surface area contributed by atoms with Crippen molar-refractivity contribution >= 4 is 17.4 Å². The van der Waals surface area contributed by atoms with Gasteiger partial charge in [-0.05, 0) is 31.2 Å². The Bertz CT molecular complexity index is 632. The number of hydrogen-bond donors (Lipinski definition) is 1. The van der Waals surface area contributed by atoms with Gasteiger partial charge in [-0.1, -0.05) is 23.7 Å². The van der Waals surface area contributed by atoms with E-state index in [4.69, 9.17) is 17.3 Å². The minimum absolute atomic E-state index is 0.109. The molecule has 0 atom stereocenters. The maximum atomic E-state index is 14.2. The smallest absolute Gasteiger partial charge is 0.149 e. The molecule has 0 unspecified atom stereocenters. The van der Waals surface area contributed by atoms with Crippen LogP contribution in [0.3, 0.4) is 0 Å². The van der Waals surface area contributed by atoms with Gasteiger partial charge in [-0.3, -0.25) is 4.68 Å². The van der Waals surface area contributed by atoms with E-state index in [1.807, 2.05) is 0 Å². The number of nitrogens with zero attached hydrogens (tertiary/aromatic N) is 2. The average molecular weight is 280 g/mol. The van der Waals surface area contributed by atoms with E-state index in [1.165, 1.54) is 18.9 Å². The molecule has 3 rings (SSSR count). The lowest BCUT2D eigenvalue weighted by molar-refractivity contribution is 0.631. The van der Waals surface area contributed by atoms with Crippen molar-refractivity contribution in [1.82, 2.24) is 9.78 Å². The number of nitrogens with two attached hydrogens (primary N) is 1. The summed E-state index contributed by atoms with van der Waals surface area (Å²) in [6.45, 7) is 0. The predicted molar refractivity (Wildman–Crippen MR) is 74.5 cm³/mol. The molecular weight excluding hydrogens is 265 g/mol. The minimum Gasteiger partial charge on any atom is -0.383 e. The van der Waals surface area contributed by atoms with Crippen LogP contribution in [-0.2, 0) is 13.5 Å². The summed E-state index contributed by atoms with van der Waals surface area (Å²) in [4.78, 5) is 0. The normalized spacial score (nSPS) is 14.9. The predicted octanol–water partition coefficient (Wildman–Crippen LogP) is 3.41. The Balaban J connectivity index is 2.14. The third kappa shape index (κ3) is 2.21. The van der Waals surface area contributed by atoms with Crippen LogP contribution < -0.4 is 5.73 Å². The fraction of sp³-hybridized carbons (Fsp3) is 0.357. The number of aromatic nitrogens is 2. The zero-order valence-electron chi connectivity index (χ0n) is 10.7. The first-order chi connectivity index (χ1) is 9.08. The first-order valence-electron chi connectivity index (χ1n) is 6.33. The molecule has 1 heterocycles. The maximum absolute atomic E-state index is 14.2. The van der Waals surface area contributed by atoms with E-state index in [0.29, 0.717) is 22.9 Å². The molecule has 19 heavy (non-hydrogen) atoms. The van der Waals surface area contributed by atoms with Gasteiger partial charge in [-0.25, -0.2) is 4.39 Å². The van der Waals surface area contributed by atoms with Crippen LogP contribution in [0.25, 0.3) is 11.1 Å². The zero-order valence-corrected chi connectivity index (χ0v) is 11.4. The van der Waals surface area contributed by atoms with Crippen molar-refractivity contribution in [3.8, 4) is 11.1 Å². The van der Waals surface area contributed by atoms with Crippen molar-refractivity contribution in [3.63, 3.8) is 0 Å². The monoisotopic (exact) mass is 279 g/mol. The fourth-order valence-electron chi connectivity index (χ4n) is 2.32. The summed E-state index contributed by atoms with van der Waals surface area (Å²) in [5.74, 6) is 0.716. The van der Waals surface area contributed by atoms with E-state index in [0.717, 1.165) is 12.1 Å². The van der Waals surface area contributed by atoms with Crippen LogP contribution in [-0.4, -0.2) is 9.78 Å². The van der Waals surface area contributed by atoms with E-state index in [-0.39, 0.29) is 5.02 Å². The van der Waals surface area contributed by atoms with Crippen molar-refractivity contribution in [2.24, 2.45) is 13.0 Å². The summed E-state index contributed by atoms with van der Waals surface area (Å²) < 4.78 is 15.8. The van der Waals surface area contributed by atoms with Crippen molar-refractivity contribution in [2.75, 3.05) is 5.73 Å². The van der Waals surface area contributed by atoms with E-state index in [1.54, 1.807) is 23.9 Å². The van der Waals surface area contributed by atoms with Crippen LogP contribution >= 0.6 is 11.6 Å². The van der Waals surface area contributed by atoms with E-state index < -0.39 is 5.82 Å². The molecule has 1 saturated carbocycles. The molecule has 5 heteroatoms. The second kappa shape index (κ2) is 4.53. The summed E-state index contributed by atoms with van der Waals surface area (Å²) in [6, 6.07) is 4.96. The van der Waals surface area contributed by atoms with Crippen molar-refractivity contribution < 1.29 is 4.39 Å². The topological polar surface area (TPSA) is 43.8 Å². The number of benzene rings is 1. The van der Waals surface area contributed by atoms with E-state index in [2.05, 4.69) is 5.10 Å². The second-order valence-corrected chi connectivity index (χ2v) is 5.49. The van der Waals surface area contributed by atoms with Gasteiger partial charge in [0.25, 0.3) is 0 Å². The van der Waals surface area contributed by atoms with Crippen LogP contribution in [0.4, 0.5) is 10.2 Å². The van der Waals surface area contributed by atoms with E-state index in [9.17, 15) is 4.39 Å². The molecule has 0 aliphatic heterocycles. The van der Waals surface area contributed by atoms with Crippen molar-refractivity contribution in [1.29, 1.82) is 0 Å². The van der Waals surface area contributed by atoms with Crippen LogP contribution in [0.5, 0.6) is 0 Å². The van der Waals surface area contributed by atoms with Crippen LogP contribution in [0, 0.1) is 11.7 Å². The van der Waals surface area contributed by atoms with Crippen molar-refractivity contribution in [3.05, 3.63) is 34.7 Å². The zero-order chi connectivity index (χ0) is 13.6. The molecule has 100 valence electrons. The van der Waals surface area contributed by atoms with Gasteiger partial charge in [-0.2, -0.15) is 5.10 Å². The summed E-state index contributed by atoms with van der Waals surface area (Å²) in [7, 11) is 1.78. The van der Waals surface area contributed by atoms with Gasteiger partial charge in [0, 0.05) is 18.2 Å². The Kier molecular flexibility index (Phi) is 2.97. The van der Waals surface area contributed by atoms with Gasteiger partial charge < -0.3 is 5.73 Å². The van der Waals surface area contributed by atoms with Gasteiger partial charge in [-0.15, -0.1) is 0 Å². The molecule has 0 spiro atoms. The molecule has 1 aromatic heterocycles. The Hall–Kier alpha value is -1.55. The lowest BCUT2D eigenvalue weighted by atomic mass is 10.0. The van der Waals surface area contributed by atoms with Gasteiger partial charge in [0.05, 0.1) is 10.7 Å². The number of rotatable bonds is 3. The fourth-order valence-corrected chi connectivity index (χ4v) is 2.50. The quantitative estimate of drug-likeness (QED) is 0.936. The number of aryl methyl sites for hydroxylation is 1. The van der Waals surface area contributed by atoms with Crippen LogP contribution in [0.1, 0.15) is 18.5 Å². The Morgan fingerprint density at radius 2 is 2.21 bits per heavy atom. The molecular formula is C14H15ClFN3. The SMILES string of the molecule is Cn1nc(CC2CC2)c(-c2cccc(Cl)c2F)c1N. The molecule has 2 aromatic rings. The second-order valence-electron chi connectivity index (χ2n) is 5.08. The highest BCUT2D eigenvalue weighted by atomic mass is 35.5. The summed E-state index contributed by atoms with van der Waals surface area (Å²) in [6.07, 6.45) is 3.29. The highest BCUT2D eigenvalue weighted by Crippen LogP contribution is 2.39. The third-order valence-electron chi connectivity index (χ3n) is 3.56. The molecule has 2 N–H and O–H groups in total. The number of nitrogen functional groups attached to an aromatic ring is 1. The number of anilines is 1. The summed E-state index contributed by atoms with van der Waals surface area (Å²) >= 11 is 5.85. The average Bonchev–Trinajstić information content (AvgIpc) is 3.13. The van der Waals surface area contributed by atoms with E-state index >= 15 is 0 Å². The van der Waals surface area contributed by atoms with Crippen molar-refractivity contribution in [2.45, 2.75) is 19.3 Å². The molecule has 1 fully saturated rings. The number of hydrogen-bond acceptors (Lipinski definition) is 2. The molecule has 1 aromatic carbocycles. The first-order valence-corrected chi connectivity index (χ1v) is 6.71. The molecule has 1 aliphatic carbocycles. The minimum atomic E-state index is -0.430. The van der Waals surface area contributed by atoms with Crippen LogP contribution in [0.15, 0.2) is 18.2 Å². The molecule has 0 saturated heterocycles. The summed E-state index contributed by atoms with van der Waals surface area (Å²) in [5.41, 5.74) is 8.03. The molecule has 3 nitrogen and oxygen atoms in total. The van der Waals surface area contributed by atoms with Gasteiger partial charge in [0.15, 0.2) is 0 Å². The Morgan fingerprint density at radius 3 is 2.89 bits per heavy atom. The molecule has 1 aliphatic rings. The van der Waals surface area contributed by atoms with Gasteiger partial charge >= 0.3 is 0 Å². The molecule has 0 bridgehead atoms. The first kappa shape index (κ1) is 12.5. The Labute approximate surface area is 116 Å². The van der Waals surface area contributed by atoms with Gasteiger partial charge in [0.2, 0.25) is 0 Å².